The molecule has 0 saturated carbocycles. The molecule has 1 atom stereocenters. The highest BCUT2D eigenvalue weighted by atomic mass is 16.4. The van der Waals surface area contributed by atoms with Crippen LogP contribution in [-0.2, 0) is 15.1 Å². The molecule has 2 aromatic rings. The summed E-state index contributed by atoms with van der Waals surface area (Å²) in [6.07, 6.45) is -0.126. The third-order valence-corrected chi connectivity index (χ3v) is 3.85. The average molecular weight is 312 g/mol. The van der Waals surface area contributed by atoms with Gasteiger partial charge in [-0.05, 0) is 17.5 Å². The highest BCUT2D eigenvalue weighted by molar-refractivity contribution is 5.97. The Kier molecular flexibility index (Phi) is 5.26. The fourth-order valence-corrected chi connectivity index (χ4v) is 2.56. The molecule has 0 aliphatic carbocycles. The van der Waals surface area contributed by atoms with Crippen molar-refractivity contribution in [2.75, 3.05) is 0 Å². The van der Waals surface area contributed by atoms with Crippen LogP contribution in [0.25, 0.3) is 0 Å². The standard InChI is InChI=1S/C18H20N2O3/c19-15(11-12-16(21)22)17(23)18(20,13-7-3-1-4-8-13)14-9-5-2-6-10-14/h1-10,15H,11-12,19-20H2,(H,21,22). The Labute approximate surface area is 134 Å². The number of benzene rings is 2. The van der Waals surface area contributed by atoms with Crippen LogP contribution < -0.4 is 11.5 Å². The molecule has 0 aromatic heterocycles. The van der Waals surface area contributed by atoms with Gasteiger partial charge in [0.15, 0.2) is 5.78 Å². The third kappa shape index (κ3) is 3.64. The average Bonchev–Trinajstić information content (AvgIpc) is 2.59. The minimum Gasteiger partial charge on any atom is -0.481 e. The second-order valence-corrected chi connectivity index (χ2v) is 5.44. The number of hydrogen-bond acceptors (Lipinski definition) is 4. The number of carbonyl (C=O) groups is 2. The molecular weight excluding hydrogens is 292 g/mol. The van der Waals surface area contributed by atoms with Gasteiger partial charge in [-0.2, -0.15) is 0 Å². The van der Waals surface area contributed by atoms with E-state index in [1.807, 2.05) is 12.1 Å². The predicted molar refractivity (Wildman–Crippen MR) is 87.7 cm³/mol. The number of aliphatic carboxylic acids is 1. The Bertz CT molecular complexity index is 632. The summed E-state index contributed by atoms with van der Waals surface area (Å²) >= 11 is 0. The Hall–Kier alpha value is -2.50. The number of ketones is 1. The number of carbonyl (C=O) groups excluding carboxylic acids is 1. The highest BCUT2D eigenvalue weighted by Crippen LogP contribution is 2.29. The highest BCUT2D eigenvalue weighted by Gasteiger charge is 2.40. The summed E-state index contributed by atoms with van der Waals surface area (Å²) in [5.41, 5.74) is 12.3. The normalized spacial score (nSPS) is 12.6. The second-order valence-electron chi connectivity index (χ2n) is 5.44. The van der Waals surface area contributed by atoms with E-state index < -0.39 is 23.3 Å². The van der Waals surface area contributed by atoms with E-state index in [9.17, 15) is 9.59 Å². The predicted octanol–water partition coefficient (Wildman–Crippen LogP) is 1.65. The quantitative estimate of drug-likeness (QED) is 0.720. The first kappa shape index (κ1) is 16.9. The minimum atomic E-state index is -1.40. The molecule has 0 spiro atoms. The van der Waals surface area contributed by atoms with Crippen molar-refractivity contribution in [1.82, 2.24) is 0 Å². The molecule has 23 heavy (non-hydrogen) atoms. The lowest BCUT2D eigenvalue weighted by Crippen LogP contribution is -2.53. The zero-order chi connectivity index (χ0) is 16.9. The Morgan fingerprint density at radius 1 is 0.957 bits per heavy atom. The minimum absolute atomic E-state index is 0.0484. The van der Waals surface area contributed by atoms with E-state index in [2.05, 4.69) is 0 Å². The van der Waals surface area contributed by atoms with Crippen LogP contribution in [0.4, 0.5) is 0 Å². The summed E-state index contributed by atoms with van der Waals surface area (Å²) in [6.45, 7) is 0. The van der Waals surface area contributed by atoms with Crippen molar-refractivity contribution in [3.8, 4) is 0 Å². The van der Waals surface area contributed by atoms with Gasteiger partial charge in [0.1, 0.15) is 5.54 Å². The summed E-state index contributed by atoms with van der Waals surface area (Å²) in [4.78, 5) is 23.7. The topological polar surface area (TPSA) is 106 Å². The van der Waals surface area contributed by atoms with E-state index in [4.69, 9.17) is 16.6 Å². The second kappa shape index (κ2) is 7.17. The molecule has 1 unspecified atom stereocenters. The maximum Gasteiger partial charge on any atom is 0.303 e. The summed E-state index contributed by atoms with van der Waals surface area (Å²) in [7, 11) is 0. The van der Waals surface area contributed by atoms with Crippen molar-refractivity contribution >= 4 is 11.8 Å². The van der Waals surface area contributed by atoms with Crippen LogP contribution in [-0.4, -0.2) is 22.9 Å². The summed E-state index contributed by atoms with van der Waals surface area (Å²) in [5.74, 6) is -1.38. The molecule has 120 valence electrons. The van der Waals surface area contributed by atoms with Crippen molar-refractivity contribution < 1.29 is 14.7 Å². The van der Waals surface area contributed by atoms with Crippen LogP contribution in [0.15, 0.2) is 60.7 Å². The molecule has 0 fully saturated rings. The molecular formula is C18H20N2O3. The van der Waals surface area contributed by atoms with Gasteiger partial charge in [-0.1, -0.05) is 60.7 Å². The fourth-order valence-electron chi connectivity index (χ4n) is 2.56. The first-order chi connectivity index (χ1) is 11.0. The Morgan fingerprint density at radius 3 is 1.78 bits per heavy atom. The molecule has 2 aromatic carbocycles. The summed E-state index contributed by atoms with van der Waals surface area (Å²) < 4.78 is 0. The molecule has 2 rings (SSSR count). The number of Topliss-reactive ketones (excluding diaryl/α,β-unsaturated/α-hetero) is 1. The van der Waals surface area contributed by atoms with Crippen molar-refractivity contribution in [2.24, 2.45) is 11.5 Å². The molecule has 5 nitrogen and oxygen atoms in total. The summed E-state index contributed by atoms with van der Waals surface area (Å²) in [6, 6.07) is 17.0. The molecule has 0 amide bonds. The molecule has 0 radical (unpaired) electrons. The monoisotopic (exact) mass is 312 g/mol. The van der Waals surface area contributed by atoms with Gasteiger partial charge >= 0.3 is 5.97 Å². The maximum atomic E-state index is 12.9. The zero-order valence-corrected chi connectivity index (χ0v) is 12.7. The van der Waals surface area contributed by atoms with E-state index in [0.29, 0.717) is 11.1 Å². The molecule has 0 heterocycles. The first-order valence-corrected chi connectivity index (χ1v) is 7.38. The van der Waals surface area contributed by atoms with Gasteiger partial charge in [0, 0.05) is 6.42 Å². The molecule has 5 N–H and O–H groups in total. The first-order valence-electron chi connectivity index (χ1n) is 7.38. The molecule has 0 aliphatic heterocycles. The van der Waals surface area contributed by atoms with Crippen LogP contribution in [0, 0.1) is 0 Å². The van der Waals surface area contributed by atoms with Gasteiger partial charge < -0.3 is 16.6 Å². The van der Waals surface area contributed by atoms with Gasteiger partial charge in [0.2, 0.25) is 0 Å². The number of nitrogens with two attached hydrogens (primary N) is 2. The van der Waals surface area contributed by atoms with Crippen molar-refractivity contribution in [3.05, 3.63) is 71.8 Å². The third-order valence-electron chi connectivity index (χ3n) is 3.85. The molecule has 0 bridgehead atoms. The van der Waals surface area contributed by atoms with Crippen LogP contribution in [0.3, 0.4) is 0 Å². The number of hydrogen-bond donors (Lipinski definition) is 3. The molecule has 0 saturated heterocycles. The Morgan fingerprint density at radius 2 is 1.39 bits per heavy atom. The number of rotatable bonds is 7. The van der Waals surface area contributed by atoms with Gasteiger partial charge in [-0.3, -0.25) is 9.59 Å². The number of carboxylic acids is 1. The zero-order valence-electron chi connectivity index (χ0n) is 12.7. The van der Waals surface area contributed by atoms with Gasteiger partial charge in [-0.15, -0.1) is 0 Å². The smallest absolute Gasteiger partial charge is 0.303 e. The lowest BCUT2D eigenvalue weighted by Gasteiger charge is -2.31. The fraction of sp³-hybridized carbons (Fsp3) is 0.222. The SMILES string of the molecule is NC(CCC(=O)O)C(=O)C(N)(c1ccccc1)c1ccccc1. The lowest BCUT2D eigenvalue weighted by atomic mass is 9.77. The number of carboxylic acid groups (broad SMARTS) is 1. The van der Waals surface area contributed by atoms with E-state index >= 15 is 0 Å². The van der Waals surface area contributed by atoms with Crippen molar-refractivity contribution in [1.29, 1.82) is 0 Å². The van der Waals surface area contributed by atoms with Gasteiger partial charge in [-0.25, -0.2) is 0 Å². The molecule has 0 aliphatic rings. The van der Waals surface area contributed by atoms with E-state index in [1.165, 1.54) is 0 Å². The largest absolute Gasteiger partial charge is 0.481 e. The van der Waals surface area contributed by atoms with Crippen molar-refractivity contribution in [2.45, 2.75) is 24.4 Å². The van der Waals surface area contributed by atoms with E-state index in [-0.39, 0.29) is 12.8 Å². The lowest BCUT2D eigenvalue weighted by molar-refractivity contribution is -0.137. The van der Waals surface area contributed by atoms with Crippen LogP contribution in [0.1, 0.15) is 24.0 Å². The summed E-state index contributed by atoms with van der Waals surface area (Å²) in [5, 5.41) is 8.78. The van der Waals surface area contributed by atoms with Gasteiger partial charge in [0.25, 0.3) is 0 Å². The van der Waals surface area contributed by atoms with E-state index in [1.54, 1.807) is 48.5 Å². The van der Waals surface area contributed by atoms with Crippen molar-refractivity contribution in [3.63, 3.8) is 0 Å². The van der Waals surface area contributed by atoms with Crippen LogP contribution in [0.2, 0.25) is 0 Å². The molecule has 5 heteroatoms. The van der Waals surface area contributed by atoms with E-state index in [0.717, 1.165) is 0 Å². The maximum absolute atomic E-state index is 12.9. The van der Waals surface area contributed by atoms with Crippen LogP contribution >= 0.6 is 0 Å². The van der Waals surface area contributed by atoms with Crippen LogP contribution in [0.5, 0.6) is 0 Å². The van der Waals surface area contributed by atoms with Gasteiger partial charge in [0.05, 0.1) is 6.04 Å². The Balaban J connectivity index is 2.42.